The zero-order valence-electron chi connectivity index (χ0n) is 5.47. The molecule has 1 atom stereocenters. The van der Waals surface area contributed by atoms with Gasteiger partial charge < -0.3 is 10.4 Å². The van der Waals surface area contributed by atoms with Gasteiger partial charge in [-0.05, 0) is 19.4 Å². The first-order chi connectivity index (χ1) is 3.93. The molecule has 1 saturated heterocycles. The van der Waals surface area contributed by atoms with Gasteiger partial charge in [-0.2, -0.15) is 0 Å². The van der Waals surface area contributed by atoms with Crippen LogP contribution in [0.25, 0.3) is 0 Å². The molecule has 2 nitrogen and oxygen atoms in total. The fraction of sp³-hybridized carbons (Fsp3) is 1.00. The van der Waals surface area contributed by atoms with Crippen molar-refractivity contribution in [1.82, 2.24) is 5.32 Å². The summed E-state index contributed by atoms with van der Waals surface area (Å²) in [5, 5.41) is 11.8. The predicted octanol–water partition coefficient (Wildman–Crippen LogP) is 0.543. The molecule has 0 bridgehead atoms. The van der Waals surface area contributed by atoms with Crippen molar-refractivity contribution >= 4 is 12.4 Å². The van der Waals surface area contributed by atoms with Crippen LogP contribution in [0.4, 0.5) is 0 Å². The minimum absolute atomic E-state index is 0. The van der Waals surface area contributed by atoms with Gasteiger partial charge in [0, 0.05) is 6.04 Å². The Morgan fingerprint density at radius 1 is 1.44 bits per heavy atom. The summed E-state index contributed by atoms with van der Waals surface area (Å²) < 4.78 is 0. The number of hydrogen-bond donors (Lipinski definition) is 2. The molecule has 9 heavy (non-hydrogen) atoms. The van der Waals surface area contributed by atoms with E-state index in [4.69, 9.17) is 5.11 Å². The number of piperidine rings is 1. The maximum atomic E-state index is 8.63. The molecule has 56 valence electrons. The quantitative estimate of drug-likeness (QED) is 0.574. The normalized spacial score (nSPS) is 27.0. The molecule has 0 unspecified atom stereocenters. The lowest BCUT2D eigenvalue weighted by atomic mass is 10.1. The van der Waals surface area contributed by atoms with Crippen LogP contribution in [0.2, 0.25) is 0 Å². The highest BCUT2D eigenvalue weighted by Gasteiger charge is 2.09. The summed E-state index contributed by atoms with van der Waals surface area (Å²) in [4.78, 5) is 0. The van der Waals surface area contributed by atoms with Crippen molar-refractivity contribution in [2.75, 3.05) is 13.2 Å². The van der Waals surface area contributed by atoms with Gasteiger partial charge in [-0.15, -0.1) is 12.4 Å². The molecular weight excluding hydrogens is 138 g/mol. The van der Waals surface area contributed by atoms with Gasteiger partial charge in [0.05, 0.1) is 6.61 Å². The lowest BCUT2D eigenvalue weighted by molar-refractivity contribution is 0.220. The second kappa shape index (κ2) is 5.03. The Bertz CT molecular complexity index is 64.1. The molecule has 0 amide bonds. The van der Waals surface area contributed by atoms with Gasteiger partial charge in [0.1, 0.15) is 0 Å². The van der Waals surface area contributed by atoms with Gasteiger partial charge in [-0.3, -0.25) is 0 Å². The molecule has 1 aliphatic rings. The van der Waals surface area contributed by atoms with E-state index in [0.717, 1.165) is 13.0 Å². The maximum Gasteiger partial charge on any atom is 0.0584 e. The molecule has 0 radical (unpaired) electrons. The fourth-order valence-electron chi connectivity index (χ4n) is 1.08. The molecule has 0 spiro atoms. The van der Waals surface area contributed by atoms with Crippen LogP contribution in [0.15, 0.2) is 0 Å². The van der Waals surface area contributed by atoms with E-state index in [9.17, 15) is 0 Å². The summed E-state index contributed by atoms with van der Waals surface area (Å²) in [7, 11) is 0. The van der Waals surface area contributed by atoms with E-state index >= 15 is 0 Å². The third-order valence-electron chi connectivity index (χ3n) is 1.63. The van der Waals surface area contributed by atoms with Gasteiger partial charge in [0.15, 0.2) is 0 Å². The van der Waals surface area contributed by atoms with Gasteiger partial charge in [-0.1, -0.05) is 6.42 Å². The number of nitrogens with one attached hydrogen (secondary N) is 1. The van der Waals surface area contributed by atoms with Gasteiger partial charge in [-0.25, -0.2) is 0 Å². The van der Waals surface area contributed by atoms with E-state index in [1.165, 1.54) is 12.8 Å². The van der Waals surface area contributed by atoms with Crippen molar-refractivity contribution < 1.29 is 5.11 Å². The molecule has 1 aliphatic heterocycles. The van der Waals surface area contributed by atoms with Crippen LogP contribution in [-0.4, -0.2) is 24.3 Å². The van der Waals surface area contributed by atoms with Crippen LogP contribution in [0.5, 0.6) is 0 Å². The van der Waals surface area contributed by atoms with E-state index in [1.54, 1.807) is 0 Å². The van der Waals surface area contributed by atoms with Crippen molar-refractivity contribution in [3.05, 3.63) is 0 Å². The molecule has 1 fully saturated rings. The molecule has 1 heterocycles. The highest BCUT2D eigenvalue weighted by molar-refractivity contribution is 5.85. The zero-order valence-corrected chi connectivity index (χ0v) is 6.28. The summed E-state index contributed by atoms with van der Waals surface area (Å²) in [6.45, 7) is 1.39. The van der Waals surface area contributed by atoms with Crippen LogP contribution >= 0.6 is 12.4 Å². The topological polar surface area (TPSA) is 32.3 Å². The number of aliphatic hydroxyl groups is 1. The van der Waals surface area contributed by atoms with Crippen LogP contribution < -0.4 is 5.32 Å². The Morgan fingerprint density at radius 2 is 2.22 bits per heavy atom. The lowest BCUT2D eigenvalue weighted by Gasteiger charge is -2.20. The average Bonchev–Trinajstić information content (AvgIpc) is 1.90. The summed E-state index contributed by atoms with van der Waals surface area (Å²) >= 11 is 0. The fourth-order valence-corrected chi connectivity index (χ4v) is 1.08. The largest absolute Gasteiger partial charge is 0.395 e. The highest BCUT2D eigenvalue weighted by Crippen LogP contribution is 2.04. The van der Waals surface area contributed by atoms with E-state index in [2.05, 4.69) is 5.32 Å². The van der Waals surface area contributed by atoms with Crippen LogP contribution in [0.3, 0.4) is 0 Å². The first-order valence-electron chi connectivity index (χ1n) is 3.27. The van der Waals surface area contributed by atoms with E-state index < -0.39 is 0 Å². The van der Waals surface area contributed by atoms with E-state index in [1.807, 2.05) is 0 Å². The summed E-state index contributed by atoms with van der Waals surface area (Å²) in [6.07, 6.45) is 3.70. The highest BCUT2D eigenvalue weighted by atomic mass is 35.5. The SMILES string of the molecule is Cl.OC[C@@H]1CCCCN1. The molecule has 1 rings (SSSR count). The minimum Gasteiger partial charge on any atom is -0.395 e. The van der Waals surface area contributed by atoms with E-state index in [-0.39, 0.29) is 12.4 Å². The molecule has 0 aliphatic carbocycles. The Morgan fingerprint density at radius 3 is 2.56 bits per heavy atom. The van der Waals surface area contributed by atoms with Crippen LogP contribution in [0.1, 0.15) is 19.3 Å². The second-order valence-corrected chi connectivity index (χ2v) is 2.33. The Kier molecular flexibility index (Phi) is 5.15. The summed E-state index contributed by atoms with van der Waals surface area (Å²) in [5.41, 5.74) is 0. The third-order valence-corrected chi connectivity index (χ3v) is 1.63. The number of halogens is 1. The van der Waals surface area contributed by atoms with Gasteiger partial charge >= 0.3 is 0 Å². The lowest BCUT2D eigenvalue weighted by Crippen LogP contribution is -2.36. The minimum atomic E-state index is 0. The van der Waals surface area contributed by atoms with Crippen molar-refractivity contribution in [2.45, 2.75) is 25.3 Å². The standard InChI is InChI=1S/C6H13NO.ClH/c8-5-6-3-1-2-4-7-6;/h6-8H,1-5H2;1H/t6-;/m0./s1. The summed E-state index contributed by atoms with van der Waals surface area (Å²) in [6, 6.07) is 0.392. The molecule has 2 N–H and O–H groups in total. The third kappa shape index (κ3) is 3.04. The predicted molar refractivity (Wildman–Crippen MR) is 40.0 cm³/mol. The zero-order chi connectivity index (χ0) is 5.82. The molecule has 0 aromatic heterocycles. The molecule has 0 aromatic carbocycles. The van der Waals surface area contributed by atoms with Gasteiger partial charge in [0.2, 0.25) is 0 Å². The van der Waals surface area contributed by atoms with Crippen molar-refractivity contribution in [3.8, 4) is 0 Å². The van der Waals surface area contributed by atoms with Crippen LogP contribution in [-0.2, 0) is 0 Å². The first-order valence-corrected chi connectivity index (χ1v) is 3.27. The number of rotatable bonds is 1. The van der Waals surface area contributed by atoms with Crippen molar-refractivity contribution in [3.63, 3.8) is 0 Å². The van der Waals surface area contributed by atoms with Crippen LogP contribution in [0, 0.1) is 0 Å². The van der Waals surface area contributed by atoms with Gasteiger partial charge in [0.25, 0.3) is 0 Å². The first kappa shape index (κ1) is 9.21. The smallest absolute Gasteiger partial charge is 0.0584 e. The Labute approximate surface area is 62.1 Å². The van der Waals surface area contributed by atoms with Crippen molar-refractivity contribution in [1.29, 1.82) is 0 Å². The van der Waals surface area contributed by atoms with E-state index in [0.29, 0.717) is 12.6 Å². The Balaban J connectivity index is 0.000000640. The second-order valence-electron chi connectivity index (χ2n) is 2.33. The number of aliphatic hydroxyl groups excluding tert-OH is 1. The molecule has 0 saturated carbocycles. The Hall–Kier alpha value is 0.210. The molecule has 3 heteroatoms. The average molecular weight is 152 g/mol. The molecular formula is C6H14ClNO. The van der Waals surface area contributed by atoms with Crippen molar-refractivity contribution in [2.24, 2.45) is 0 Å². The maximum absolute atomic E-state index is 8.63. The monoisotopic (exact) mass is 151 g/mol. The molecule has 0 aromatic rings. The summed E-state index contributed by atoms with van der Waals surface area (Å²) in [5.74, 6) is 0. The number of hydrogen-bond acceptors (Lipinski definition) is 2.